The number of ketones is 1. The second-order valence-corrected chi connectivity index (χ2v) is 3.65. The molecule has 0 aliphatic carbocycles. The van der Waals surface area contributed by atoms with Crippen LogP contribution in [0, 0.1) is 0 Å². The van der Waals surface area contributed by atoms with Crippen molar-refractivity contribution in [1.29, 1.82) is 0 Å². The predicted molar refractivity (Wildman–Crippen MR) is 48.5 cm³/mol. The van der Waals surface area contributed by atoms with Crippen LogP contribution >= 0.6 is 0 Å². The molecule has 2 unspecified atom stereocenters. The molecule has 0 radical (unpaired) electrons. The minimum atomic E-state index is -0.136. The molecule has 2 atom stereocenters. The fraction of sp³-hybridized carbons (Fsp3) is 0.889. The number of aliphatic hydroxyl groups excluding tert-OH is 1. The van der Waals surface area contributed by atoms with Gasteiger partial charge in [0.05, 0.1) is 25.4 Å². The molecule has 1 heterocycles. The Labute approximate surface area is 78.5 Å². The number of ether oxygens (including phenoxy) is 1. The van der Waals surface area contributed by atoms with Gasteiger partial charge in [-0.05, 0) is 13.8 Å². The molecule has 1 rings (SSSR count). The van der Waals surface area contributed by atoms with Gasteiger partial charge in [-0.15, -0.1) is 0 Å². The smallest absolute Gasteiger partial charge is 0.143 e. The second kappa shape index (κ2) is 4.69. The van der Waals surface area contributed by atoms with E-state index in [0.717, 1.165) is 6.54 Å². The number of aliphatic hydroxyl groups is 1. The van der Waals surface area contributed by atoms with Crippen LogP contribution in [0.3, 0.4) is 0 Å². The summed E-state index contributed by atoms with van der Waals surface area (Å²) < 4.78 is 5.44. The van der Waals surface area contributed by atoms with Gasteiger partial charge in [-0.1, -0.05) is 0 Å². The molecular weight excluding hydrogens is 170 g/mol. The first-order valence-electron chi connectivity index (χ1n) is 4.60. The lowest BCUT2D eigenvalue weighted by Gasteiger charge is -2.35. The third-order valence-electron chi connectivity index (χ3n) is 2.05. The molecule has 1 aliphatic heterocycles. The summed E-state index contributed by atoms with van der Waals surface area (Å²) >= 11 is 0. The summed E-state index contributed by atoms with van der Waals surface area (Å²) in [5, 5.41) is 8.92. The van der Waals surface area contributed by atoms with Crippen LogP contribution in [0.2, 0.25) is 0 Å². The molecule has 4 heteroatoms. The Kier molecular flexibility index (Phi) is 3.84. The average Bonchev–Trinajstić information content (AvgIpc) is 2.01. The standard InChI is InChI=1S/C9H17NO3/c1-7(12)3-10-4-8(2)13-9(5-10)6-11/h8-9,11H,3-6H2,1-2H3. The number of carbonyl (C=O) groups is 1. The summed E-state index contributed by atoms with van der Waals surface area (Å²) in [6, 6.07) is 0. The first-order chi connectivity index (χ1) is 6.11. The minimum absolute atomic E-state index is 0.0265. The van der Waals surface area contributed by atoms with Crippen LogP contribution in [0.1, 0.15) is 13.8 Å². The van der Waals surface area contributed by atoms with E-state index in [1.165, 1.54) is 0 Å². The zero-order valence-electron chi connectivity index (χ0n) is 8.19. The molecule has 1 fully saturated rings. The Morgan fingerprint density at radius 3 is 2.85 bits per heavy atom. The molecule has 1 aliphatic rings. The first-order valence-corrected chi connectivity index (χ1v) is 4.60. The molecule has 0 spiro atoms. The van der Waals surface area contributed by atoms with Crippen LogP contribution in [0.15, 0.2) is 0 Å². The Morgan fingerprint density at radius 2 is 2.31 bits per heavy atom. The van der Waals surface area contributed by atoms with Gasteiger partial charge in [-0.3, -0.25) is 9.69 Å². The van der Waals surface area contributed by atoms with Gasteiger partial charge < -0.3 is 9.84 Å². The molecule has 0 aromatic rings. The highest BCUT2D eigenvalue weighted by Gasteiger charge is 2.24. The van der Waals surface area contributed by atoms with Crippen LogP contribution in [0.4, 0.5) is 0 Å². The van der Waals surface area contributed by atoms with Crippen LogP contribution < -0.4 is 0 Å². The maximum Gasteiger partial charge on any atom is 0.143 e. The number of hydrogen-bond acceptors (Lipinski definition) is 4. The lowest BCUT2D eigenvalue weighted by molar-refractivity contribution is -0.124. The molecule has 4 nitrogen and oxygen atoms in total. The van der Waals surface area contributed by atoms with Gasteiger partial charge in [0.25, 0.3) is 0 Å². The summed E-state index contributed by atoms with van der Waals surface area (Å²) in [7, 11) is 0. The zero-order valence-corrected chi connectivity index (χ0v) is 8.19. The Balaban J connectivity index is 2.42. The van der Waals surface area contributed by atoms with Gasteiger partial charge in [0.15, 0.2) is 0 Å². The van der Waals surface area contributed by atoms with E-state index in [1.807, 2.05) is 11.8 Å². The molecule has 0 aromatic heterocycles. The molecule has 0 saturated carbocycles. The van der Waals surface area contributed by atoms with Crippen molar-refractivity contribution in [3.63, 3.8) is 0 Å². The Morgan fingerprint density at radius 1 is 1.62 bits per heavy atom. The zero-order chi connectivity index (χ0) is 9.84. The third kappa shape index (κ3) is 3.42. The van der Waals surface area contributed by atoms with Crippen LogP contribution in [-0.2, 0) is 9.53 Å². The predicted octanol–water partition coefficient (Wildman–Crippen LogP) is -0.343. The molecule has 0 amide bonds. The van der Waals surface area contributed by atoms with Gasteiger partial charge in [-0.25, -0.2) is 0 Å². The monoisotopic (exact) mass is 187 g/mol. The highest BCUT2D eigenvalue weighted by Crippen LogP contribution is 2.10. The quantitative estimate of drug-likeness (QED) is 0.656. The van der Waals surface area contributed by atoms with E-state index in [2.05, 4.69) is 0 Å². The lowest BCUT2D eigenvalue weighted by Crippen LogP contribution is -2.49. The first kappa shape index (κ1) is 10.6. The molecule has 1 N–H and O–H groups in total. The van der Waals surface area contributed by atoms with Crippen molar-refractivity contribution >= 4 is 5.78 Å². The maximum atomic E-state index is 10.9. The van der Waals surface area contributed by atoms with Crippen molar-refractivity contribution in [1.82, 2.24) is 4.90 Å². The topological polar surface area (TPSA) is 49.8 Å². The van der Waals surface area contributed by atoms with Gasteiger partial charge >= 0.3 is 0 Å². The van der Waals surface area contributed by atoms with Gasteiger partial charge in [0, 0.05) is 13.1 Å². The number of Topliss-reactive ketones (excluding diaryl/α,β-unsaturated/α-hetero) is 1. The van der Waals surface area contributed by atoms with Crippen molar-refractivity contribution in [2.75, 3.05) is 26.2 Å². The van der Waals surface area contributed by atoms with Gasteiger partial charge in [0.1, 0.15) is 5.78 Å². The molecule has 0 bridgehead atoms. The van der Waals surface area contributed by atoms with E-state index in [0.29, 0.717) is 13.1 Å². The van der Waals surface area contributed by atoms with Crippen molar-refractivity contribution in [3.05, 3.63) is 0 Å². The van der Waals surface area contributed by atoms with E-state index < -0.39 is 0 Å². The number of rotatable bonds is 3. The molecular formula is C9H17NO3. The van der Waals surface area contributed by atoms with Gasteiger partial charge in [0.2, 0.25) is 0 Å². The summed E-state index contributed by atoms with van der Waals surface area (Å²) in [4.78, 5) is 12.9. The number of carbonyl (C=O) groups excluding carboxylic acids is 1. The fourth-order valence-electron chi connectivity index (χ4n) is 1.69. The summed E-state index contributed by atoms with van der Waals surface area (Å²) in [5.74, 6) is 0.158. The van der Waals surface area contributed by atoms with Crippen molar-refractivity contribution in [2.24, 2.45) is 0 Å². The van der Waals surface area contributed by atoms with Crippen molar-refractivity contribution < 1.29 is 14.6 Å². The van der Waals surface area contributed by atoms with E-state index >= 15 is 0 Å². The van der Waals surface area contributed by atoms with Gasteiger partial charge in [-0.2, -0.15) is 0 Å². The normalized spacial score (nSPS) is 30.4. The van der Waals surface area contributed by atoms with E-state index in [9.17, 15) is 4.79 Å². The largest absolute Gasteiger partial charge is 0.394 e. The molecule has 76 valence electrons. The summed E-state index contributed by atoms with van der Waals surface area (Å²) in [6.07, 6.45) is -0.0339. The highest BCUT2D eigenvalue weighted by molar-refractivity contribution is 5.77. The number of nitrogens with zero attached hydrogens (tertiary/aromatic N) is 1. The highest BCUT2D eigenvalue weighted by atomic mass is 16.5. The van der Waals surface area contributed by atoms with Crippen LogP contribution in [-0.4, -0.2) is 54.2 Å². The van der Waals surface area contributed by atoms with Crippen molar-refractivity contribution in [2.45, 2.75) is 26.1 Å². The van der Waals surface area contributed by atoms with E-state index in [1.54, 1.807) is 6.92 Å². The maximum absolute atomic E-state index is 10.9. The van der Waals surface area contributed by atoms with Crippen molar-refractivity contribution in [3.8, 4) is 0 Å². The molecule has 0 aromatic carbocycles. The number of hydrogen-bond donors (Lipinski definition) is 1. The minimum Gasteiger partial charge on any atom is -0.394 e. The van der Waals surface area contributed by atoms with Crippen LogP contribution in [0.5, 0.6) is 0 Å². The number of morpholine rings is 1. The Hall–Kier alpha value is -0.450. The summed E-state index contributed by atoms with van der Waals surface area (Å²) in [6.45, 7) is 5.45. The fourth-order valence-corrected chi connectivity index (χ4v) is 1.69. The van der Waals surface area contributed by atoms with Crippen LogP contribution in [0.25, 0.3) is 0 Å². The lowest BCUT2D eigenvalue weighted by atomic mass is 10.2. The molecule has 13 heavy (non-hydrogen) atoms. The van der Waals surface area contributed by atoms with E-state index in [-0.39, 0.29) is 24.6 Å². The summed E-state index contributed by atoms with van der Waals surface area (Å²) in [5.41, 5.74) is 0. The average molecular weight is 187 g/mol. The SMILES string of the molecule is CC(=O)CN1CC(C)OC(CO)C1. The van der Waals surface area contributed by atoms with E-state index in [4.69, 9.17) is 9.84 Å². The third-order valence-corrected chi connectivity index (χ3v) is 2.05. The second-order valence-electron chi connectivity index (χ2n) is 3.65. The molecule has 1 saturated heterocycles. The Bertz CT molecular complexity index is 184.